The Bertz CT molecular complexity index is 845. The lowest BCUT2D eigenvalue weighted by molar-refractivity contribution is -0.274. The first-order chi connectivity index (χ1) is 11.1. The summed E-state index contributed by atoms with van der Waals surface area (Å²) in [5.41, 5.74) is 2.04. The van der Waals surface area contributed by atoms with Crippen LogP contribution in [0, 0.1) is 6.92 Å². The minimum Gasteiger partial charge on any atom is -0.469 e. The summed E-state index contributed by atoms with van der Waals surface area (Å²) in [6.45, 7) is 1.50. The molecule has 0 aliphatic rings. The molecule has 0 saturated carbocycles. The molecule has 1 aromatic heterocycles. The van der Waals surface area contributed by atoms with Crippen molar-refractivity contribution in [1.82, 2.24) is 10.3 Å². The predicted molar refractivity (Wildman–Crippen MR) is 74.4 cm³/mol. The van der Waals surface area contributed by atoms with Gasteiger partial charge >= 0.3 is 6.36 Å². The van der Waals surface area contributed by atoms with Crippen molar-refractivity contribution in [3.05, 3.63) is 47.9 Å². The lowest BCUT2D eigenvalue weighted by Gasteiger charge is -2.11. The summed E-state index contributed by atoms with van der Waals surface area (Å²) >= 11 is 0. The third kappa shape index (κ3) is 4.49. The zero-order valence-electron chi connectivity index (χ0n) is 12.0. The van der Waals surface area contributed by atoms with Gasteiger partial charge in [0.25, 0.3) is 15.9 Å². The minimum atomic E-state index is -4.96. The van der Waals surface area contributed by atoms with Gasteiger partial charge in [-0.2, -0.15) is 0 Å². The highest BCUT2D eigenvalue weighted by Crippen LogP contribution is 2.24. The molecule has 2 rings (SSSR count). The van der Waals surface area contributed by atoms with Gasteiger partial charge in [0.05, 0.1) is 16.7 Å². The van der Waals surface area contributed by atoms with E-state index in [2.05, 4.69) is 4.74 Å². The molecule has 0 spiro atoms. The maximum absolute atomic E-state index is 12.2. The van der Waals surface area contributed by atoms with Gasteiger partial charge in [-0.1, -0.05) is 6.07 Å². The Morgan fingerprint density at radius 1 is 1.25 bits per heavy atom. The summed E-state index contributed by atoms with van der Waals surface area (Å²) in [5, 5.41) is 0. The van der Waals surface area contributed by atoms with Gasteiger partial charge in [-0.25, -0.2) is 8.42 Å². The molecular weight excluding hydrogens is 353 g/mol. The van der Waals surface area contributed by atoms with Gasteiger partial charge in [0.1, 0.15) is 11.5 Å². The number of aryl methyl sites for hydroxylation is 1. The molecule has 0 unspecified atom stereocenters. The van der Waals surface area contributed by atoms with Crippen molar-refractivity contribution in [2.75, 3.05) is 0 Å². The van der Waals surface area contributed by atoms with E-state index < -0.39 is 32.9 Å². The van der Waals surface area contributed by atoms with Crippen LogP contribution in [0.2, 0.25) is 0 Å². The standard InChI is InChI=1S/C13H11F3N2O5S/c1-8-11(5-6-22-8)12(19)17-18-24(20,21)10-4-2-3-9(7-10)23-13(14,15)16/h2-7,18H,1H3,(H,17,19). The smallest absolute Gasteiger partial charge is 0.469 e. The van der Waals surface area contributed by atoms with Crippen molar-refractivity contribution in [3.8, 4) is 5.75 Å². The number of alkyl halides is 3. The summed E-state index contributed by atoms with van der Waals surface area (Å²) in [7, 11) is -4.30. The number of hydrogen-bond donors (Lipinski definition) is 2. The molecule has 1 heterocycles. The highest BCUT2D eigenvalue weighted by atomic mass is 32.2. The van der Waals surface area contributed by atoms with Crippen LogP contribution in [-0.2, 0) is 10.0 Å². The number of nitrogens with one attached hydrogen (secondary N) is 2. The molecule has 1 amide bonds. The average Bonchev–Trinajstić information content (AvgIpc) is 2.89. The number of halogens is 3. The number of sulfonamides is 1. The van der Waals surface area contributed by atoms with Crippen LogP contribution in [0.5, 0.6) is 5.75 Å². The van der Waals surface area contributed by atoms with Crippen LogP contribution in [0.15, 0.2) is 45.9 Å². The number of hydrazine groups is 1. The van der Waals surface area contributed by atoms with E-state index in [0.29, 0.717) is 6.07 Å². The Morgan fingerprint density at radius 2 is 1.96 bits per heavy atom. The monoisotopic (exact) mass is 364 g/mol. The van der Waals surface area contributed by atoms with Crippen LogP contribution in [0.1, 0.15) is 16.1 Å². The normalized spacial score (nSPS) is 12.0. The van der Waals surface area contributed by atoms with Crippen LogP contribution in [0.3, 0.4) is 0 Å². The van der Waals surface area contributed by atoms with Crippen LogP contribution < -0.4 is 15.0 Å². The first-order valence-electron chi connectivity index (χ1n) is 6.30. The summed E-state index contributed by atoms with van der Waals surface area (Å²) in [6.07, 6.45) is -3.71. The number of ether oxygens (including phenoxy) is 1. The minimum absolute atomic E-state index is 0.104. The van der Waals surface area contributed by atoms with Crippen molar-refractivity contribution in [2.24, 2.45) is 0 Å². The molecule has 1 aromatic carbocycles. The maximum Gasteiger partial charge on any atom is 0.573 e. The van der Waals surface area contributed by atoms with Crippen molar-refractivity contribution < 1.29 is 35.5 Å². The van der Waals surface area contributed by atoms with E-state index in [1.165, 1.54) is 19.3 Å². The number of carbonyl (C=O) groups excluding carboxylic acids is 1. The second-order valence-electron chi connectivity index (χ2n) is 4.47. The molecular formula is C13H11F3N2O5S. The van der Waals surface area contributed by atoms with Gasteiger partial charge in [-0.3, -0.25) is 10.2 Å². The zero-order chi connectivity index (χ0) is 18.0. The lowest BCUT2D eigenvalue weighted by Crippen LogP contribution is -2.41. The lowest BCUT2D eigenvalue weighted by atomic mass is 10.2. The van der Waals surface area contributed by atoms with E-state index in [-0.39, 0.29) is 11.3 Å². The number of rotatable bonds is 5. The fraction of sp³-hybridized carbons (Fsp3) is 0.154. The first kappa shape index (κ1) is 17.8. The maximum atomic E-state index is 12.2. The Kier molecular flexibility index (Phi) is 4.85. The van der Waals surface area contributed by atoms with E-state index >= 15 is 0 Å². The van der Waals surface area contributed by atoms with Crippen molar-refractivity contribution >= 4 is 15.9 Å². The molecule has 0 atom stereocenters. The fourth-order valence-corrected chi connectivity index (χ4v) is 2.57. The Labute approximate surface area is 134 Å². The van der Waals surface area contributed by atoms with Crippen molar-refractivity contribution in [1.29, 1.82) is 0 Å². The number of hydrogen-bond acceptors (Lipinski definition) is 5. The van der Waals surface area contributed by atoms with Gasteiger partial charge in [-0.15, -0.1) is 18.0 Å². The quantitative estimate of drug-likeness (QED) is 0.792. The van der Waals surface area contributed by atoms with Gasteiger partial charge in [0, 0.05) is 6.07 Å². The van der Waals surface area contributed by atoms with Gasteiger partial charge in [0.15, 0.2) is 0 Å². The zero-order valence-corrected chi connectivity index (χ0v) is 12.9. The third-order valence-electron chi connectivity index (χ3n) is 2.75. The number of amides is 1. The Morgan fingerprint density at radius 3 is 2.54 bits per heavy atom. The van der Waals surface area contributed by atoms with E-state index in [1.54, 1.807) is 4.83 Å². The molecule has 130 valence electrons. The highest BCUT2D eigenvalue weighted by Gasteiger charge is 2.31. The van der Waals surface area contributed by atoms with Crippen molar-refractivity contribution in [3.63, 3.8) is 0 Å². The van der Waals surface area contributed by atoms with Gasteiger partial charge < -0.3 is 9.15 Å². The van der Waals surface area contributed by atoms with Crippen LogP contribution in [0.25, 0.3) is 0 Å². The SMILES string of the molecule is Cc1occc1C(=O)NNS(=O)(=O)c1cccc(OC(F)(F)F)c1. The molecule has 0 aliphatic carbocycles. The molecule has 7 nitrogen and oxygen atoms in total. The molecule has 0 aliphatic heterocycles. The second-order valence-corrected chi connectivity index (χ2v) is 6.16. The molecule has 2 aromatic rings. The molecule has 0 bridgehead atoms. The van der Waals surface area contributed by atoms with Gasteiger partial charge in [-0.05, 0) is 25.1 Å². The van der Waals surface area contributed by atoms with Crippen LogP contribution in [-0.4, -0.2) is 20.7 Å². The van der Waals surface area contributed by atoms with E-state index in [9.17, 15) is 26.4 Å². The highest BCUT2D eigenvalue weighted by molar-refractivity contribution is 7.89. The molecule has 2 N–H and O–H groups in total. The summed E-state index contributed by atoms with van der Waals surface area (Å²) in [6, 6.07) is 5.06. The summed E-state index contributed by atoms with van der Waals surface area (Å²) in [4.78, 5) is 13.0. The molecule has 0 saturated heterocycles. The average molecular weight is 364 g/mol. The van der Waals surface area contributed by atoms with E-state index in [0.717, 1.165) is 18.2 Å². The van der Waals surface area contributed by atoms with Crippen molar-refractivity contribution in [2.45, 2.75) is 18.2 Å². The summed E-state index contributed by atoms with van der Waals surface area (Å²) < 4.78 is 69.1. The number of carbonyl (C=O) groups is 1. The molecule has 0 fully saturated rings. The largest absolute Gasteiger partial charge is 0.573 e. The Hall–Kier alpha value is -2.53. The van der Waals surface area contributed by atoms with E-state index in [4.69, 9.17) is 4.42 Å². The third-order valence-corrected chi connectivity index (χ3v) is 4.00. The number of furan rings is 1. The predicted octanol–water partition coefficient (Wildman–Crippen LogP) is 2.11. The Balaban J connectivity index is 2.12. The summed E-state index contributed by atoms with van der Waals surface area (Å²) in [5.74, 6) is -1.22. The topological polar surface area (TPSA) is 97.6 Å². The van der Waals surface area contributed by atoms with Crippen LogP contribution >= 0.6 is 0 Å². The van der Waals surface area contributed by atoms with E-state index in [1.807, 2.05) is 5.43 Å². The first-order valence-corrected chi connectivity index (χ1v) is 7.79. The fourth-order valence-electron chi connectivity index (χ4n) is 1.70. The molecule has 24 heavy (non-hydrogen) atoms. The number of benzene rings is 1. The second kappa shape index (κ2) is 6.53. The molecule has 11 heteroatoms. The molecule has 0 radical (unpaired) electrons. The van der Waals surface area contributed by atoms with Crippen LogP contribution in [0.4, 0.5) is 13.2 Å². The van der Waals surface area contributed by atoms with Gasteiger partial charge in [0.2, 0.25) is 0 Å².